The van der Waals surface area contributed by atoms with Crippen molar-refractivity contribution >= 4 is 5.91 Å². The number of carbonyl (C=O) groups is 1. The number of aryl methyl sites for hydroxylation is 1. The van der Waals surface area contributed by atoms with E-state index in [0.29, 0.717) is 5.56 Å². The number of rotatable bonds is 6. The summed E-state index contributed by atoms with van der Waals surface area (Å²) >= 11 is 0. The first kappa shape index (κ1) is 17.0. The van der Waals surface area contributed by atoms with Crippen molar-refractivity contribution in [3.63, 3.8) is 0 Å². The minimum atomic E-state index is -0.151. The number of benzene rings is 1. The largest absolute Gasteiger partial charge is 0.345 e. The minimum Gasteiger partial charge on any atom is -0.345 e. The summed E-state index contributed by atoms with van der Waals surface area (Å²) < 4.78 is 3.68. The van der Waals surface area contributed by atoms with E-state index in [9.17, 15) is 4.79 Å². The van der Waals surface area contributed by atoms with Crippen LogP contribution in [0, 0.1) is 6.92 Å². The Morgan fingerprint density at radius 3 is 2.76 bits per heavy atom. The van der Waals surface area contributed by atoms with Gasteiger partial charge in [-0.3, -0.25) is 9.48 Å². The Morgan fingerprint density at radius 2 is 2.04 bits per heavy atom. The number of amides is 1. The molecule has 1 aromatic carbocycles. The molecule has 0 spiro atoms. The second-order valence-electron chi connectivity index (χ2n) is 6.07. The highest BCUT2D eigenvalue weighted by Crippen LogP contribution is 2.21. The zero-order valence-corrected chi connectivity index (χ0v) is 14.8. The summed E-state index contributed by atoms with van der Waals surface area (Å²) in [6, 6.07) is 9.67. The molecule has 6 nitrogen and oxygen atoms in total. The molecule has 1 atom stereocenters. The number of nitrogens with one attached hydrogen (secondary N) is 1. The van der Waals surface area contributed by atoms with Gasteiger partial charge in [-0.1, -0.05) is 25.1 Å². The summed E-state index contributed by atoms with van der Waals surface area (Å²) in [5.41, 5.74) is 3.49. The first-order valence-corrected chi connectivity index (χ1v) is 8.54. The molecule has 25 heavy (non-hydrogen) atoms. The third-order valence-corrected chi connectivity index (χ3v) is 4.29. The summed E-state index contributed by atoms with van der Waals surface area (Å²) in [5, 5.41) is 11.7. The molecule has 3 rings (SSSR count). The molecular weight excluding hydrogens is 314 g/mol. The third kappa shape index (κ3) is 3.47. The maximum Gasteiger partial charge on any atom is 0.255 e. The first-order valence-electron chi connectivity index (χ1n) is 8.54. The van der Waals surface area contributed by atoms with Crippen LogP contribution in [0.1, 0.15) is 47.9 Å². The van der Waals surface area contributed by atoms with Gasteiger partial charge < -0.3 is 5.32 Å². The predicted molar refractivity (Wildman–Crippen MR) is 96.7 cm³/mol. The Morgan fingerprint density at radius 1 is 1.24 bits per heavy atom. The smallest absolute Gasteiger partial charge is 0.255 e. The molecule has 0 saturated heterocycles. The molecule has 130 valence electrons. The molecule has 0 fully saturated rings. The zero-order valence-electron chi connectivity index (χ0n) is 14.8. The predicted octanol–water partition coefficient (Wildman–Crippen LogP) is 3.28. The number of hydrogen-bond donors (Lipinski definition) is 1. The summed E-state index contributed by atoms with van der Waals surface area (Å²) in [4.78, 5) is 12.7. The second kappa shape index (κ2) is 7.34. The van der Waals surface area contributed by atoms with Gasteiger partial charge in [0.25, 0.3) is 5.91 Å². The summed E-state index contributed by atoms with van der Waals surface area (Å²) in [6.45, 7) is 6.82. The molecule has 6 heteroatoms. The van der Waals surface area contributed by atoms with E-state index in [4.69, 9.17) is 0 Å². The van der Waals surface area contributed by atoms with E-state index >= 15 is 0 Å². The highest BCUT2D eigenvalue weighted by atomic mass is 16.1. The van der Waals surface area contributed by atoms with Gasteiger partial charge in [-0.05, 0) is 38.0 Å². The van der Waals surface area contributed by atoms with Crippen LogP contribution in [0.5, 0.6) is 0 Å². The van der Waals surface area contributed by atoms with Crippen molar-refractivity contribution in [1.29, 1.82) is 0 Å². The van der Waals surface area contributed by atoms with Gasteiger partial charge in [-0.2, -0.15) is 10.2 Å². The first-order chi connectivity index (χ1) is 12.1. The molecular formula is C19H23N5O. The molecule has 0 unspecified atom stereocenters. The lowest BCUT2D eigenvalue weighted by Gasteiger charge is -2.18. The molecule has 2 aromatic heterocycles. The molecule has 0 saturated carbocycles. The third-order valence-electron chi connectivity index (χ3n) is 4.29. The molecule has 0 bridgehead atoms. The van der Waals surface area contributed by atoms with Gasteiger partial charge >= 0.3 is 0 Å². The number of nitrogens with zero attached hydrogens (tertiary/aromatic N) is 4. The van der Waals surface area contributed by atoms with E-state index in [1.54, 1.807) is 12.4 Å². The van der Waals surface area contributed by atoms with Crippen molar-refractivity contribution in [1.82, 2.24) is 24.9 Å². The zero-order chi connectivity index (χ0) is 17.8. The SMILES string of the molecule is CCCn1ncc(C(=O)N[C@H](C)c2ccccc2-n2cccn2)c1C. The lowest BCUT2D eigenvalue weighted by Crippen LogP contribution is -2.28. The van der Waals surface area contributed by atoms with E-state index in [1.165, 1.54) is 0 Å². The molecule has 0 radical (unpaired) electrons. The highest BCUT2D eigenvalue weighted by molar-refractivity contribution is 5.95. The molecule has 0 aliphatic carbocycles. The Labute approximate surface area is 147 Å². The van der Waals surface area contributed by atoms with Gasteiger partial charge in [0.05, 0.1) is 23.5 Å². The van der Waals surface area contributed by atoms with Crippen molar-refractivity contribution < 1.29 is 4.79 Å². The van der Waals surface area contributed by atoms with Crippen LogP contribution >= 0.6 is 0 Å². The lowest BCUT2D eigenvalue weighted by atomic mass is 10.1. The second-order valence-corrected chi connectivity index (χ2v) is 6.07. The fourth-order valence-corrected chi connectivity index (χ4v) is 2.93. The summed E-state index contributed by atoms with van der Waals surface area (Å²) in [7, 11) is 0. The van der Waals surface area contributed by atoms with Gasteiger partial charge in [-0.25, -0.2) is 4.68 Å². The van der Waals surface area contributed by atoms with E-state index in [0.717, 1.165) is 29.9 Å². The van der Waals surface area contributed by atoms with Crippen molar-refractivity contribution in [2.75, 3.05) is 0 Å². The molecule has 3 aromatic rings. The number of para-hydroxylation sites is 1. The lowest BCUT2D eigenvalue weighted by molar-refractivity contribution is 0.0939. The van der Waals surface area contributed by atoms with Crippen molar-refractivity contribution in [3.05, 3.63) is 65.7 Å². The van der Waals surface area contributed by atoms with Gasteiger partial charge in [0.2, 0.25) is 0 Å². The molecule has 1 amide bonds. The summed E-state index contributed by atoms with van der Waals surface area (Å²) in [6.07, 6.45) is 6.27. The Hall–Kier alpha value is -2.89. The highest BCUT2D eigenvalue weighted by Gasteiger charge is 2.18. The van der Waals surface area contributed by atoms with Crippen LogP contribution in [0.3, 0.4) is 0 Å². The number of hydrogen-bond acceptors (Lipinski definition) is 3. The minimum absolute atomic E-state index is 0.109. The number of carbonyl (C=O) groups excluding carboxylic acids is 1. The molecule has 0 aliphatic rings. The van der Waals surface area contributed by atoms with Crippen LogP contribution in [-0.2, 0) is 6.54 Å². The van der Waals surface area contributed by atoms with Gasteiger partial charge in [0.15, 0.2) is 0 Å². The van der Waals surface area contributed by atoms with Crippen molar-refractivity contribution in [2.45, 2.75) is 39.8 Å². The average Bonchev–Trinajstić information content (AvgIpc) is 3.26. The summed E-state index contributed by atoms with van der Waals surface area (Å²) in [5.74, 6) is -0.109. The Kier molecular flexibility index (Phi) is 4.97. The Balaban J connectivity index is 1.81. The van der Waals surface area contributed by atoms with Crippen LogP contribution < -0.4 is 5.32 Å². The fraction of sp³-hybridized carbons (Fsp3) is 0.316. The van der Waals surface area contributed by atoms with Gasteiger partial charge in [0.1, 0.15) is 0 Å². The maximum atomic E-state index is 12.7. The van der Waals surface area contributed by atoms with Gasteiger partial charge in [-0.15, -0.1) is 0 Å². The van der Waals surface area contributed by atoms with Crippen molar-refractivity contribution in [2.24, 2.45) is 0 Å². The van der Waals surface area contributed by atoms with Gasteiger partial charge in [0, 0.05) is 24.6 Å². The van der Waals surface area contributed by atoms with E-state index in [1.807, 2.05) is 59.7 Å². The quantitative estimate of drug-likeness (QED) is 0.751. The van der Waals surface area contributed by atoms with E-state index < -0.39 is 0 Å². The maximum absolute atomic E-state index is 12.7. The monoisotopic (exact) mass is 337 g/mol. The fourth-order valence-electron chi connectivity index (χ4n) is 2.93. The molecule has 1 N–H and O–H groups in total. The van der Waals surface area contributed by atoms with Crippen LogP contribution in [-0.4, -0.2) is 25.5 Å². The van der Waals surface area contributed by atoms with Crippen molar-refractivity contribution in [3.8, 4) is 5.69 Å². The number of aromatic nitrogens is 4. The van der Waals surface area contributed by atoms with Crippen LogP contribution in [0.4, 0.5) is 0 Å². The van der Waals surface area contributed by atoms with Crippen LogP contribution in [0.2, 0.25) is 0 Å². The van der Waals surface area contributed by atoms with E-state index in [2.05, 4.69) is 22.4 Å². The molecule has 0 aliphatic heterocycles. The molecule has 2 heterocycles. The van der Waals surface area contributed by atoms with E-state index in [-0.39, 0.29) is 11.9 Å². The Bertz CT molecular complexity index is 851. The normalized spacial score (nSPS) is 12.1. The van der Waals surface area contributed by atoms with Crippen LogP contribution in [0.25, 0.3) is 5.69 Å². The van der Waals surface area contributed by atoms with Crippen LogP contribution in [0.15, 0.2) is 48.9 Å². The standard InChI is InChI=1S/C19H23N5O/c1-4-11-23-15(3)17(13-21-23)19(25)22-14(2)16-8-5-6-9-18(16)24-12-7-10-20-24/h5-10,12-14H,4,11H2,1-3H3,(H,22,25)/t14-/m1/s1. The average molecular weight is 337 g/mol. The topological polar surface area (TPSA) is 64.7 Å².